The zero-order valence-electron chi connectivity index (χ0n) is 10.4. The number of aromatic nitrogens is 2. The molecule has 18 heavy (non-hydrogen) atoms. The van der Waals surface area contributed by atoms with E-state index in [4.69, 9.17) is 10.5 Å². The van der Waals surface area contributed by atoms with Gasteiger partial charge in [0.25, 0.3) is 0 Å². The molecule has 0 amide bonds. The molecule has 0 aliphatic carbocycles. The van der Waals surface area contributed by atoms with Crippen molar-refractivity contribution in [2.75, 3.05) is 5.73 Å². The lowest BCUT2D eigenvalue weighted by atomic mass is 10.3. The van der Waals surface area contributed by atoms with E-state index in [0.717, 1.165) is 5.69 Å². The van der Waals surface area contributed by atoms with Crippen molar-refractivity contribution in [1.29, 1.82) is 0 Å². The second-order valence-electron chi connectivity index (χ2n) is 4.32. The van der Waals surface area contributed by atoms with Crippen molar-refractivity contribution in [1.82, 2.24) is 9.55 Å². The van der Waals surface area contributed by atoms with Crippen molar-refractivity contribution in [2.24, 2.45) is 0 Å². The van der Waals surface area contributed by atoms with Crippen molar-refractivity contribution in [3.63, 3.8) is 0 Å². The molecule has 1 aromatic heterocycles. The van der Waals surface area contributed by atoms with E-state index in [1.54, 1.807) is 18.3 Å². The third-order valence-corrected chi connectivity index (χ3v) is 2.60. The number of nitrogens with two attached hydrogens (primary N) is 1. The van der Waals surface area contributed by atoms with E-state index in [2.05, 4.69) is 4.98 Å². The first-order chi connectivity index (χ1) is 8.58. The predicted octanol–water partition coefficient (Wildman–Crippen LogP) is 2.76. The Hall–Kier alpha value is -2.04. The molecule has 0 aliphatic heterocycles. The van der Waals surface area contributed by atoms with E-state index >= 15 is 0 Å². The first-order valence-electron chi connectivity index (χ1n) is 5.78. The highest BCUT2D eigenvalue weighted by Gasteiger charge is 2.10. The van der Waals surface area contributed by atoms with Crippen LogP contribution in [0.3, 0.4) is 0 Å². The van der Waals surface area contributed by atoms with E-state index in [0.29, 0.717) is 18.3 Å². The van der Waals surface area contributed by atoms with Crippen molar-refractivity contribution >= 4 is 5.95 Å². The molecule has 2 N–H and O–H groups in total. The minimum atomic E-state index is -0.315. The monoisotopic (exact) mass is 249 g/mol. The topological polar surface area (TPSA) is 53.1 Å². The van der Waals surface area contributed by atoms with Crippen molar-refractivity contribution in [3.8, 4) is 5.75 Å². The van der Waals surface area contributed by atoms with Crippen LogP contribution < -0.4 is 10.5 Å². The van der Waals surface area contributed by atoms with Gasteiger partial charge < -0.3 is 15.0 Å². The van der Waals surface area contributed by atoms with Gasteiger partial charge in [-0.15, -0.1) is 0 Å². The fourth-order valence-corrected chi connectivity index (χ4v) is 1.83. The van der Waals surface area contributed by atoms with E-state index < -0.39 is 0 Å². The lowest BCUT2D eigenvalue weighted by Crippen LogP contribution is -2.11. The Morgan fingerprint density at radius 1 is 1.44 bits per heavy atom. The highest BCUT2D eigenvalue weighted by molar-refractivity contribution is 5.25. The van der Waals surface area contributed by atoms with Crippen LogP contribution in [0, 0.1) is 5.82 Å². The zero-order chi connectivity index (χ0) is 13.1. The van der Waals surface area contributed by atoms with Gasteiger partial charge in [0.15, 0.2) is 0 Å². The molecule has 0 spiro atoms. The molecule has 0 aliphatic rings. The van der Waals surface area contributed by atoms with Crippen LogP contribution >= 0.6 is 0 Å². The molecular formula is C13H16FN3O. The molecule has 0 bridgehead atoms. The quantitative estimate of drug-likeness (QED) is 0.906. The van der Waals surface area contributed by atoms with Crippen LogP contribution in [0.25, 0.3) is 0 Å². The van der Waals surface area contributed by atoms with Crippen LogP contribution in [0.5, 0.6) is 5.75 Å². The molecule has 2 aromatic rings. The Morgan fingerprint density at radius 2 is 2.22 bits per heavy atom. The second kappa shape index (κ2) is 5.08. The van der Waals surface area contributed by atoms with Crippen LogP contribution in [-0.4, -0.2) is 9.55 Å². The Morgan fingerprint density at radius 3 is 2.89 bits per heavy atom. The molecule has 1 aromatic carbocycles. The first-order valence-corrected chi connectivity index (χ1v) is 5.78. The van der Waals surface area contributed by atoms with E-state index in [9.17, 15) is 4.39 Å². The molecule has 0 fully saturated rings. The molecule has 0 atom stereocenters. The summed E-state index contributed by atoms with van der Waals surface area (Å²) >= 11 is 0. The number of nitrogens with zero attached hydrogens (tertiary/aromatic N) is 2. The molecule has 0 saturated heterocycles. The molecule has 0 saturated carbocycles. The molecule has 4 nitrogen and oxygen atoms in total. The number of benzene rings is 1. The van der Waals surface area contributed by atoms with Crippen LogP contribution in [0.2, 0.25) is 0 Å². The number of ether oxygens (including phenoxy) is 1. The van der Waals surface area contributed by atoms with Crippen molar-refractivity contribution in [3.05, 3.63) is 42.0 Å². The Balaban J connectivity index is 2.11. The normalized spacial score (nSPS) is 10.9. The number of imidazole rings is 1. The summed E-state index contributed by atoms with van der Waals surface area (Å²) in [6.07, 6.45) is 1.68. The number of hydrogen-bond donors (Lipinski definition) is 1. The molecule has 0 radical (unpaired) electrons. The summed E-state index contributed by atoms with van der Waals surface area (Å²) in [5.74, 6) is 0.636. The first kappa shape index (κ1) is 12.4. The maximum Gasteiger partial charge on any atom is 0.200 e. The fraction of sp³-hybridized carbons (Fsp3) is 0.308. The Bertz CT molecular complexity index is 537. The maximum atomic E-state index is 13.0. The highest BCUT2D eigenvalue weighted by Crippen LogP contribution is 2.18. The lowest BCUT2D eigenvalue weighted by molar-refractivity contribution is 0.291. The van der Waals surface area contributed by atoms with Gasteiger partial charge in [0.2, 0.25) is 5.95 Å². The molecule has 2 rings (SSSR count). The summed E-state index contributed by atoms with van der Waals surface area (Å²) in [6, 6.07) is 6.25. The summed E-state index contributed by atoms with van der Waals surface area (Å²) in [7, 11) is 0. The van der Waals surface area contributed by atoms with Crippen molar-refractivity contribution < 1.29 is 9.13 Å². The largest absolute Gasteiger partial charge is 0.487 e. The van der Waals surface area contributed by atoms with Gasteiger partial charge in [0.05, 0.1) is 11.9 Å². The minimum Gasteiger partial charge on any atom is -0.487 e. The average Bonchev–Trinajstić information content (AvgIpc) is 2.68. The molecule has 5 heteroatoms. The van der Waals surface area contributed by atoms with Crippen LogP contribution in [-0.2, 0) is 6.61 Å². The summed E-state index contributed by atoms with van der Waals surface area (Å²) in [5, 5.41) is 0. The molecule has 0 unspecified atom stereocenters. The predicted molar refractivity (Wildman–Crippen MR) is 67.8 cm³/mol. The third-order valence-electron chi connectivity index (χ3n) is 2.60. The molecule has 96 valence electrons. The number of hydrogen-bond acceptors (Lipinski definition) is 3. The van der Waals surface area contributed by atoms with Crippen LogP contribution in [0.15, 0.2) is 30.5 Å². The van der Waals surface area contributed by atoms with Crippen LogP contribution in [0.1, 0.15) is 25.6 Å². The number of rotatable bonds is 4. The van der Waals surface area contributed by atoms with Gasteiger partial charge in [-0.1, -0.05) is 6.07 Å². The second-order valence-corrected chi connectivity index (χ2v) is 4.32. The fourth-order valence-electron chi connectivity index (χ4n) is 1.83. The lowest BCUT2D eigenvalue weighted by Gasteiger charge is -2.14. The number of anilines is 1. The smallest absolute Gasteiger partial charge is 0.200 e. The Labute approximate surface area is 105 Å². The number of nitrogen functional groups attached to an aromatic ring is 1. The van der Waals surface area contributed by atoms with E-state index in [1.807, 2.05) is 18.4 Å². The summed E-state index contributed by atoms with van der Waals surface area (Å²) in [5.41, 5.74) is 6.64. The SMILES string of the molecule is CC(C)n1c(COc2cccc(F)c2)cnc1N. The summed E-state index contributed by atoms with van der Waals surface area (Å²) < 4.78 is 20.4. The molecular weight excluding hydrogens is 233 g/mol. The minimum absolute atomic E-state index is 0.207. The standard InChI is InChI=1S/C13H16FN3O/c1-9(2)17-11(7-16-13(17)15)8-18-12-5-3-4-10(14)6-12/h3-7,9H,8H2,1-2H3,(H2,15,16). The van der Waals surface area contributed by atoms with E-state index in [-0.39, 0.29) is 11.9 Å². The van der Waals surface area contributed by atoms with Gasteiger partial charge in [-0.25, -0.2) is 9.37 Å². The van der Waals surface area contributed by atoms with E-state index in [1.165, 1.54) is 12.1 Å². The average molecular weight is 249 g/mol. The zero-order valence-corrected chi connectivity index (χ0v) is 10.4. The maximum absolute atomic E-state index is 13.0. The van der Waals surface area contributed by atoms with Gasteiger partial charge in [-0.2, -0.15) is 0 Å². The summed E-state index contributed by atoms with van der Waals surface area (Å²) in [6.45, 7) is 4.35. The van der Waals surface area contributed by atoms with Gasteiger partial charge in [-0.3, -0.25) is 0 Å². The Kier molecular flexibility index (Phi) is 3.50. The highest BCUT2D eigenvalue weighted by atomic mass is 19.1. The summed E-state index contributed by atoms with van der Waals surface area (Å²) in [4.78, 5) is 4.05. The van der Waals surface area contributed by atoms with Gasteiger partial charge >= 0.3 is 0 Å². The third kappa shape index (κ3) is 2.61. The number of halogens is 1. The molecule has 1 heterocycles. The van der Waals surface area contributed by atoms with Gasteiger partial charge in [0.1, 0.15) is 18.2 Å². The van der Waals surface area contributed by atoms with Crippen molar-refractivity contribution in [2.45, 2.75) is 26.5 Å². The van der Waals surface area contributed by atoms with Gasteiger partial charge in [0, 0.05) is 12.1 Å². The van der Waals surface area contributed by atoms with Crippen LogP contribution in [0.4, 0.5) is 10.3 Å². The van der Waals surface area contributed by atoms with Gasteiger partial charge in [-0.05, 0) is 26.0 Å².